The van der Waals surface area contributed by atoms with Crippen molar-refractivity contribution in [1.29, 1.82) is 5.26 Å². The fourth-order valence-corrected chi connectivity index (χ4v) is 2.02. The molecule has 1 aliphatic rings. The fraction of sp³-hybridized carbons (Fsp3) is 0.455. The summed E-state index contributed by atoms with van der Waals surface area (Å²) < 4.78 is 0. The van der Waals surface area contributed by atoms with Crippen molar-refractivity contribution in [3.63, 3.8) is 0 Å². The standard InChI is InChI=1S/C11H13N5O/c12-7-8-4-5-14-11(15-8)16-6-2-1-3-9(16)10(13)17/h4-5,9H,1-3,6H2,(H2,13,17). The van der Waals surface area contributed by atoms with Crippen LogP contribution in [0.5, 0.6) is 0 Å². The van der Waals surface area contributed by atoms with E-state index in [2.05, 4.69) is 9.97 Å². The van der Waals surface area contributed by atoms with Gasteiger partial charge in [-0.05, 0) is 25.3 Å². The molecule has 1 atom stereocenters. The first-order valence-corrected chi connectivity index (χ1v) is 5.51. The Labute approximate surface area is 99.1 Å². The van der Waals surface area contributed by atoms with Gasteiger partial charge in [0.05, 0.1) is 0 Å². The Bertz CT molecular complexity index is 467. The van der Waals surface area contributed by atoms with Gasteiger partial charge in [-0.25, -0.2) is 9.97 Å². The summed E-state index contributed by atoms with van der Waals surface area (Å²) in [6, 6.07) is 3.13. The summed E-state index contributed by atoms with van der Waals surface area (Å²) in [5, 5.41) is 8.79. The molecule has 0 aromatic carbocycles. The van der Waals surface area contributed by atoms with Crippen molar-refractivity contribution < 1.29 is 4.79 Å². The Kier molecular flexibility index (Phi) is 3.19. The molecule has 1 aliphatic heterocycles. The van der Waals surface area contributed by atoms with Crippen LogP contribution in [0.2, 0.25) is 0 Å². The molecule has 0 saturated carbocycles. The van der Waals surface area contributed by atoms with Crippen LogP contribution in [0.25, 0.3) is 0 Å². The number of amides is 1. The quantitative estimate of drug-likeness (QED) is 0.783. The van der Waals surface area contributed by atoms with Gasteiger partial charge in [0.25, 0.3) is 0 Å². The van der Waals surface area contributed by atoms with E-state index in [0.717, 1.165) is 19.3 Å². The lowest BCUT2D eigenvalue weighted by Crippen LogP contribution is -2.48. The van der Waals surface area contributed by atoms with Crippen molar-refractivity contribution in [3.05, 3.63) is 18.0 Å². The molecule has 2 heterocycles. The number of aromatic nitrogens is 2. The van der Waals surface area contributed by atoms with E-state index in [1.807, 2.05) is 6.07 Å². The lowest BCUT2D eigenvalue weighted by atomic mass is 10.0. The van der Waals surface area contributed by atoms with Gasteiger partial charge in [-0.2, -0.15) is 5.26 Å². The van der Waals surface area contributed by atoms with Crippen LogP contribution in [0.1, 0.15) is 25.0 Å². The van der Waals surface area contributed by atoms with Gasteiger partial charge in [0, 0.05) is 12.7 Å². The number of anilines is 1. The maximum atomic E-state index is 11.4. The number of carbonyl (C=O) groups excluding carboxylic acids is 1. The second-order valence-electron chi connectivity index (χ2n) is 3.96. The van der Waals surface area contributed by atoms with Crippen molar-refractivity contribution in [3.8, 4) is 6.07 Å². The van der Waals surface area contributed by atoms with Crippen molar-refractivity contribution >= 4 is 11.9 Å². The zero-order valence-electron chi connectivity index (χ0n) is 9.33. The summed E-state index contributed by atoms with van der Waals surface area (Å²) in [7, 11) is 0. The van der Waals surface area contributed by atoms with Crippen molar-refractivity contribution in [2.75, 3.05) is 11.4 Å². The minimum atomic E-state index is -0.365. The molecule has 0 bridgehead atoms. The molecule has 6 nitrogen and oxygen atoms in total. The molecule has 0 aliphatic carbocycles. The summed E-state index contributed by atoms with van der Waals surface area (Å²) in [6.07, 6.45) is 4.19. The Morgan fingerprint density at radius 1 is 1.59 bits per heavy atom. The molecule has 88 valence electrons. The zero-order chi connectivity index (χ0) is 12.3. The molecular weight excluding hydrogens is 218 g/mol. The lowest BCUT2D eigenvalue weighted by molar-refractivity contribution is -0.119. The van der Waals surface area contributed by atoms with Crippen molar-refractivity contribution in [2.45, 2.75) is 25.3 Å². The number of nitrogens with zero attached hydrogens (tertiary/aromatic N) is 4. The van der Waals surface area contributed by atoms with Gasteiger partial charge >= 0.3 is 0 Å². The first-order valence-electron chi connectivity index (χ1n) is 5.51. The molecule has 0 radical (unpaired) electrons. The van der Waals surface area contributed by atoms with Crippen LogP contribution in [-0.2, 0) is 4.79 Å². The average Bonchev–Trinajstić information content (AvgIpc) is 2.39. The summed E-state index contributed by atoms with van der Waals surface area (Å²) in [5.41, 5.74) is 5.66. The van der Waals surface area contributed by atoms with Crippen LogP contribution in [0.3, 0.4) is 0 Å². The van der Waals surface area contributed by atoms with E-state index in [0.29, 0.717) is 18.2 Å². The molecule has 1 amide bonds. The van der Waals surface area contributed by atoms with E-state index >= 15 is 0 Å². The number of nitrogens with two attached hydrogens (primary N) is 1. The Morgan fingerprint density at radius 2 is 2.41 bits per heavy atom. The molecule has 0 spiro atoms. The monoisotopic (exact) mass is 231 g/mol. The van der Waals surface area contributed by atoms with Crippen LogP contribution >= 0.6 is 0 Å². The number of primary amides is 1. The van der Waals surface area contributed by atoms with E-state index < -0.39 is 0 Å². The molecule has 1 fully saturated rings. The highest BCUT2D eigenvalue weighted by atomic mass is 16.1. The van der Waals surface area contributed by atoms with Crippen LogP contribution in [0.4, 0.5) is 5.95 Å². The number of piperidine rings is 1. The van der Waals surface area contributed by atoms with E-state index in [-0.39, 0.29) is 11.9 Å². The van der Waals surface area contributed by atoms with Crippen molar-refractivity contribution in [1.82, 2.24) is 9.97 Å². The topological polar surface area (TPSA) is 95.9 Å². The van der Waals surface area contributed by atoms with Crippen molar-refractivity contribution in [2.24, 2.45) is 5.73 Å². The SMILES string of the molecule is N#Cc1ccnc(N2CCCCC2C(N)=O)n1. The number of nitriles is 1. The second kappa shape index (κ2) is 4.78. The van der Waals surface area contributed by atoms with E-state index in [1.165, 1.54) is 12.3 Å². The molecule has 17 heavy (non-hydrogen) atoms. The maximum absolute atomic E-state index is 11.4. The molecule has 6 heteroatoms. The number of carbonyl (C=O) groups is 1. The van der Waals surface area contributed by atoms with Gasteiger partial charge in [0.15, 0.2) is 0 Å². The second-order valence-corrected chi connectivity index (χ2v) is 3.96. The highest BCUT2D eigenvalue weighted by molar-refractivity contribution is 5.83. The third kappa shape index (κ3) is 2.33. The Morgan fingerprint density at radius 3 is 3.12 bits per heavy atom. The molecule has 1 aromatic heterocycles. The molecule has 2 N–H and O–H groups in total. The minimum absolute atomic E-state index is 0.295. The van der Waals surface area contributed by atoms with Gasteiger partial charge < -0.3 is 10.6 Å². The van der Waals surface area contributed by atoms with Crippen LogP contribution in [0, 0.1) is 11.3 Å². The predicted octanol–water partition coefficient (Wildman–Crippen LogP) is 0.192. The third-order valence-corrected chi connectivity index (χ3v) is 2.85. The number of hydrogen-bond donors (Lipinski definition) is 1. The Balaban J connectivity index is 2.29. The summed E-state index contributed by atoms with van der Waals surface area (Å²) in [6.45, 7) is 0.697. The predicted molar refractivity (Wildman–Crippen MR) is 60.9 cm³/mol. The molecule has 1 saturated heterocycles. The average molecular weight is 231 g/mol. The van der Waals surface area contributed by atoms with Gasteiger partial charge in [-0.3, -0.25) is 4.79 Å². The zero-order valence-corrected chi connectivity index (χ0v) is 9.33. The van der Waals surface area contributed by atoms with E-state index in [1.54, 1.807) is 4.90 Å². The summed E-state index contributed by atoms with van der Waals surface area (Å²) in [4.78, 5) is 21.3. The first-order chi connectivity index (χ1) is 8.22. The highest BCUT2D eigenvalue weighted by Gasteiger charge is 2.28. The summed E-state index contributed by atoms with van der Waals surface area (Å²) in [5.74, 6) is 0.0446. The van der Waals surface area contributed by atoms with Gasteiger partial charge in [0.2, 0.25) is 11.9 Å². The van der Waals surface area contributed by atoms with Crippen LogP contribution in [0.15, 0.2) is 12.3 Å². The molecular formula is C11H13N5O. The molecule has 1 unspecified atom stereocenters. The number of rotatable bonds is 2. The van der Waals surface area contributed by atoms with Gasteiger partial charge in [0.1, 0.15) is 17.8 Å². The van der Waals surface area contributed by atoms with E-state index in [4.69, 9.17) is 11.0 Å². The molecule has 1 aromatic rings. The number of hydrogen-bond acceptors (Lipinski definition) is 5. The maximum Gasteiger partial charge on any atom is 0.240 e. The first kappa shape index (κ1) is 11.3. The Hall–Kier alpha value is -2.16. The normalized spacial score (nSPS) is 19.7. The van der Waals surface area contributed by atoms with Gasteiger partial charge in [-0.15, -0.1) is 0 Å². The summed E-state index contributed by atoms with van der Waals surface area (Å²) >= 11 is 0. The molecule has 2 rings (SSSR count). The fourth-order valence-electron chi connectivity index (χ4n) is 2.02. The largest absolute Gasteiger partial charge is 0.368 e. The minimum Gasteiger partial charge on any atom is -0.368 e. The third-order valence-electron chi connectivity index (χ3n) is 2.85. The highest BCUT2D eigenvalue weighted by Crippen LogP contribution is 2.21. The van der Waals surface area contributed by atoms with Crippen LogP contribution < -0.4 is 10.6 Å². The van der Waals surface area contributed by atoms with Crippen LogP contribution in [-0.4, -0.2) is 28.5 Å². The van der Waals surface area contributed by atoms with Gasteiger partial charge in [-0.1, -0.05) is 0 Å². The smallest absolute Gasteiger partial charge is 0.240 e. The lowest BCUT2D eigenvalue weighted by Gasteiger charge is -2.33. The van der Waals surface area contributed by atoms with E-state index in [9.17, 15) is 4.79 Å².